The normalized spacial score (nSPS) is 29.0. The highest BCUT2D eigenvalue weighted by atomic mass is 32.1. The van der Waals surface area contributed by atoms with Crippen LogP contribution in [-0.2, 0) is 9.53 Å². The fourth-order valence-corrected chi connectivity index (χ4v) is 3.50. The molecular formula is C13H19NO2S. The van der Waals surface area contributed by atoms with Gasteiger partial charge >= 0.3 is 5.97 Å². The second-order valence-corrected chi connectivity index (χ2v) is 6.21. The number of rotatable bonds is 2. The molecule has 2 rings (SSSR count). The Bertz CT molecular complexity index is 415. The molecule has 0 radical (unpaired) electrons. The number of nitrogens with one attached hydrogen (secondary N) is 1. The van der Waals surface area contributed by atoms with Crippen molar-refractivity contribution in [2.45, 2.75) is 38.1 Å². The zero-order valence-corrected chi connectivity index (χ0v) is 11.4. The average Bonchev–Trinajstić information content (AvgIpc) is 2.75. The van der Waals surface area contributed by atoms with E-state index in [2.05, 4.69) is 24.4 Å². The Morgan fingerprint density at radius 2 is 2.35 bits per heavy atom. The van der Waals surface area contributed by atoms with Gasteiger partial charge in [-0.25, -0.2) is 0 Å². The van der Waals surface area contributed by atoms with Gasteiger partial charge in [0, 0.05) is 9.75 Å². The summed E-state index contributed by atoms with van der Waals surface area (Å²) in [7, 11) is 1.45. The molecule has 2 heterocycles. The highest BCUT2D eigenvalue weighted by Gasteiger charge is 2.40. The summed E-state index contributed by atoms with van der Waals surface area (Å²) in [6.45, 7) is 4.92. The minimum absolute atomic E-state index is 0.157. The van der Waals surface area contributed by atoms with Gasteiger partial charge in [-0.2, -0.15) is 0 Å². The molecule has 1 aromatic rings. The van der Waals surface area contributed by atoms with Crippen LogP contribution in [0.5, 0.6) is 0 Å². The average molecular weight is 253 g/mol. The van der Waals surface area contributed by atoms with Crippen LogP contribution in [0.15, 0.2) is 12.1 Å². The molecule has 0 bridgehead atoms. The number of methoxy groups -OCH3 is 1. The van der Waals surface area contributed by atoms with E-state index >= 15 is 0 Å². The fraction of sp³-hybridized carbons (Fsp3) is 0.615. The van der Waals surface area contributed by atoms with Gasteiger partial charge in [0.05, 0.1) is 7.11 Å². The number of hydrogen-bond acceptors (Lipinski definition) is 4. The van der Waals surface area contributed by atoms with E-state index in [1.165, 1.54) is 16.9 Å². The molecule has 0 spiro atoms. The van der Waals surface area contributed by atoms with E-state index < -0.39 is 5.54 Å². The molecule has 0 aliphatic carbocycles. The van der Waals surface area contributed by atoms with Crippen molar-refractivity contribution in [3.05, 3.63) is 21.9 Å². The van der Waals surface area contributed by atoms with E-state index in [9.17, 15) is 4.79 Å². The number of esters is 1. The topological polar surface area (TPSA) is 38.3 Å². The zero-order chi connectivity index (χ0) is 12.5. The second-order valence-electron chi connectivity index (χ2n) is 4.89. The van der Waals surface area contributed by atoms with Crippen LogP contribution in [0, 0.1) is 6.92 Å². The zero-order valence-electron chi connectivity index (χ0n) is 10.6. The number of aryl methyl sites for hydroxylation is 1. The van der Waals surface area contributed by atoms with Crippen molar-refractivity contribution in [2.75, 3.05) is 13.7 Å². The number of hydrogen-bond donors (Lipinski definition) is 1. The van der Waals surface area contributed by atoms with Gasteiger partial charge in [0.15, 0.2) is 0 Å². The first kappa shape index (κ1) is 12.6. The molecule has 94 valence electrons. The molecule has 0 aromatic carbocycles. The Morgan fingerprint density at radius 1 is 1.59 bits per heavy atom. The van der Waals surface area contributed by atoms with Crippen molar-refractivity contribution in [1.82, 2.24) is 5.32 Å². The Hall–Kier alpha value is -0.870. The molecule has 3 nitrogen and oxygen atoms in total. The smallest absolute Gasteiger partial charge is 0.325 e. The highest BCUT2D eigenvalue weighted by molar-refractivity contribution is 7.12. The first-order valence-corrected chi connectivity index (χ1v) is 6.76. The predicted molar refractivity (Wildman–Crippen MR) is 69.5 cm³/mol. The van der Waals surface area contributed by atoms with Crippen molar-refractivity contribution in [3.8, 4) is 0 Å². The molecule has 1 aliphatic rings. The summed E-state index contributed by atoms with van der Waals surface area (Å²) in [4.78, 5) is 14.5. The molecule has 1 fully saturated rings. The lowest BCUT2D eigenvalue weighted by Crippen LogP contribution is -2.54. The Morgan fingerprint density at radius 3 is 2.94 bits per heavy atom. The number of ether oxygens (including phenoxy) is 1. The molecule has 4 heteroatoms. The summed E-state index contributed by atoms with van der Waals surface area (Å²) in [6.07, 6.45) is 1.91. The van der Waals surface area contributed by atoms with Crippen LogP contribution >= 0.6 is 11.3 Å². The maximum absolute atomic E-state index is 11.8. The van der Waals surface area contributed by atoms with E-state index in [0.717, 1.165) is 19.4 Å². The van der Waals surface area contributed by atoms with Gasteiger partial charge in [0.2, 0.25) is 0 Å². The van der Waals surface area contributed by atoms with Gasteiger partial charge in [-0.05, 0) is 51.3 Å². The van der Waals surface area contributed by atoms with Crippen molar-refractivity contribution >= 4 is 17.3 Å². The Balaban J connectivity index is 2.14. The molecule has 0 saturated carbocycles. The summed E-state index contributed by atoms with van der Waals surface area (Å²) >= 11 is 1.83. The summed E-state index contributed by atoms with van der Waals surface area (Å²) in [5.41, 5.74) is -0.532. The van der Waals surface area contributed by atoms with Gasteiger partial charge in [-0.15, -0.1) is 11.3 Å². The van der Waals surface area contributed by atoms with Crippen molar-refractivity contribution < 1.29 is 9.53 Å². The fourth-order valence-electron chi connectivity index (χ4n) is 2.49. The SMILES string of the molecule is COC(=O)C1(C)CC(c2ccc(C)s2)CCN1. The molecule has 1 saturated heterocycles. The second kappa shape index (κ2) is 4.78. The maximum atomic E-state index is 11.8. The molecule has 2 unspecified atom stereocenters. The molecule has 1 N–H and O–H groups in total. The quantitative estimate of drug-likeness (QED) is 0.823. The largest absolute Gasteiger partial charge is 0.468 e. The van der Waals surface area contributed by atoms with E-state index in [1.807, 2.05) is 18.3 Å². The van der Waals surface area contributed by atoms with Gasteiger partial charge in [0.1, 0.15) is 5.54 Å². The van der Waals surface area contributed by atoms with E-state index in [-0.39, 0.29) is 5.97 Å². The predicted octanol–water partition coefficient (Wildman–Crippen LogP) is 2.46. The molecule has 0 amide bonds. The first-order valence-electron chi connectivity index (χ1n) is 5.95. The molecular weight excluding hydrogens is 234 g/mol. The van der Waals surface area contributed by atoms with Gasteiger partial charge in [0.25, 0.3) is 0 Å². The summed E-state index contributed by atoms with van der Waals surface area (Å²) in [6, 6.07) is 4.34. The first-order chi connectivity index (χ1) is 8.05. The Labute approximate surface area is 106 Å². The van der Waals surface area contributed by atoms with Crippen LogP contribution < -0.4 is 5.32 Å². The van der Waals surface area contributed by atoms with E-state index in [4.69, 9.17) is 4.74 Å². The van der Waals surface area contributed by atoms with Crippen LogP contribution in [0.2, 0.25) is 0 Å². The minimum atomic E-state index is -0.532. The Kier molecular flexibility index (Phi) is 3.54. The number of carbonyl (C=O) groups excluding carboxylic acids is 1. The monoisotopic (exact) mass is 253 g/mol. The number of carbonyl (C=O) groups is 1. The molecule has 1 aliphatic heterocycles. The van der Waals surface area contributed by atoms with E-state index in [1.54, 1.807) is 0 Å². The van der Waals surface area contributed by atoms with Crippen LogP contribution in [0.1, 0.15) is 35.4 Å². The summed E-state index contributed by atoms with van der Waals surface area (Å²) in [5, 5.41) is 3.28. The lowest BCUT2D eigenvalue weighted by Gasteiger charge is -2.36. The van der Waals surface area contributed by atoms with Crippen molar-refractivity contribution in [2.24, 2.45) is 0 Å². The van der Waals surface area contributed by atoms with Crippen LogP contribution in [0.3, 0.4) is 0 Å². The van der Waals surface area contributed by atoms with Gasteiger partial charge in [-0.3, -0.25) is 4.79 Å². The van der Waals surface area contributed by atoms with Crippen molar-refractivity contribution in [3.63, 3.8) is 0 Å². The standard InChI is InChI=1S/C13H19NO2S/c1-9-4-5-11(17-9)10-6-7-14-13(2,8-10)12(15)16-3/h4-5,10,14H,6-8H2,1-3H3. The third-order valence-corrected chi connectivity index (χ3v) is 4.63. The van der Waals surface area contributed by atoms with Crippen LogP contribution in [0.25, 0.3) is 0 Å². The molecule has 17 heavy (non-hydrogen) atoms. The van der Waals surface area contributed by atoms with Crippen LogP contribution in [0.4, 0.5) is 0 Å². The highest BCUT2D eigenvalue weighted by Crippen LogP contribution is 2.36. The third kappa shape index (κ3) is 2.53. The summed E-state index contributed by atoms with van der Waals surface area (Å²) in [5.74, 6) is 0.314. The van der Waals surface area contributed by atoms with Gasteiger partial charge in [-0.1, -0.05) is 0 Å². The lowest BCUT2D eigenvalue weighted by atomic mass is 9.82. The van der Waals surface area contributed by atoms with Gasteiger partial charge < -0.3 is 10.1 Å². The molecule has 2 atom stereocenters. The number of thiophene rings is 1. The summed E-state index contributed by atoms with van der Waals surface area (Å²) < 4.78 is 4.88. The maximum Gasteiger partial charge on any atom is 0.325 e. The lowest BCUT2D eigenvalue weighted by molar-refractivity contribution is -0.149. The van der Waals surface area contributed by atoms with Crippen LogP contribution in [-0.4, -0.2) is 25.2 Å². The minimum Gasteiger partial charge on any atom is -0.468 e. The third-order valence-electron chi connectivity index (χ3n) is 3.46. The molecule has 1 aromatic heterocycles. The van der Waals surface area contributed by atoms with E-state index in [0.29, 0.717) is 5.92 Å². The van der Waals surface area contributed by atoms with Crippen molar-refractivity contribution in [1.29, 1.82) is 0 Å². The number of piperidine rings is 1.